The molecule has 1 amide bonds. The predicted molar refractivity (Wildman–Crippen MR) is 108 cm³/mol. The largest absolute Gasteiger partial charge is 0.494 e. The van der Waals surface area contributed by atoms with Crippen LogP contribution in [0, 0.1) is 6.92 Å². The van der Waals surface area contributed by atoms with Crippen molar-refractivity contribution in [2.75, 3.05) is 11.9 Å². The number of rotatable bonds is 5. The Balaban J connectivity index is 1.63. The van der Waals surface area contributed by atoms with Crippen LogP contribution in [0.25, 0.3) is 5.69 Å². The van der Waals surface area contributed by atoms with Crippen LogP contribution < -0.4 is 14.8 Å². The first kappa shape index (κ1) is 18.7. The van der Waals surface area contributed by atoms with Gasteiger partial charge in [0.1, 0.15) is 5.75 Å². The average molecular weight is 391 g/mol. The van der Waals surface area contributed by atoms with E-state index in [1.807, 2.05) is 44.2 Å². The summed E-state index contributed by atoms with van der Waals surface area (Å²) < 4.78 is 12.5. The highest BCUT2D eigenvalue weighted by molar-refractivity contribution is 5.99. The van der Waals surface area contributed by atoms with E-state index in [1.54, 1.807) is 28.9 Å². The van der Waals surface area contributed by atoms with Gasteiger partial charge < -0.3 is 14.8 Å². The second-order valence-electron chi connectivity index (χ2n) is 6.73. The van der Waals surface area contributed by atoms with Gasteiger partial charge in [0, 0.05) is 5.69 Å². The van der Waals surface area contributed by atoms with Crippen LogP contribution in [0.2, 0.25) is 0 Å². The minimum absolute atomic E-state index is 0.0306. The minimum Gasteiger partial charge on any atom is -0.494 e. The number of carbonyl (C=O) groups excluding carboxylic acids is 2. The lowest BCUT2D eigenvalue weighted by molar-refractivity contribution is -0.138. The number of nitrogens with one attached hydrogen (secondary N) is 1. The summed E-state index contributed by atoms with van der Waals surface area (Å²) in [6.07, 6.45) is -0.0306. The molecule has 0 aliphatic carbocycles. The molecule has 1 atom stereocenters. The lowest BCUT2D eigenvalue weighted by Crippen LogP contribution is -2.30. The molecule has 29 heavy (non-hydrogen) atoms. The van der Waals surface area contributed by atoms with Gasteiger partial charge in [-0.1, -0.05) is 18.2 Å². The summed E-state index contributed by atoms with van der Waals surface area (Å²) in [6.45, 7) is 4.30. The van der Waals surface area contributed by atoms with Crippen molar-refractivity contribution in [2.45, 2.75) is 26.2 Å². The summed E-state index contributed by atoms with van der Waals surface area (Å²) >= 11 is 0. The van der Waals surface area contributed by atoms with Crippen LogP contribution in [0.3, 0.4) is 0 Å². The maximum atomic E-state index is 13.0. The third-order valence-electron chi connectivity index (χ3n) is 4.74. The molecule has 7 nitrogen and oxygen atoms in total. The first-order valence-corrected chi connectivity index (χ1v) is 9.46. The Morgan fingerprint density at radius 3 is 2.62 bits per heavy atom. The van der Waals surface area contributed by atoms with Gasteiger partial charge in [-0.3, -0.25) is 9.59 Å². The zero-order valence-electron chi connectivity index (χ0n) is 16.2. The van der Waals surface area contributed by atoms with Gasteiger partial charge in [-0.2, -0.15) is 5.10 Å². The second kappa shape index (κ2) is 7.79. The first-order chi connectivity index (χ1) is 14.1. The number of aryl methyl sites for hydroxylation is 1. The molecule has 148 valence electrons. The number of fused-ring (bicyclic) bond motifs is 1. The quantitative estimate of drug-likeness (QED) is 0.672. The van der Waals surface area contributed by atoms with E-state index in [4.69, 9.17) is 9.47 Å². The van der Waals surface area contributed by atoms with E-state index in [0.29, 0.717) is 29.4 Å². The summed E-state index contributed by atoms with van der Waals surface area (Å²) in [6, 6.07) is 16.5. The minimum atomic E-state index is -0.671. The van der Waals surface area contributed by atoms with Crippen molar-refractivity contribution in [3.8, 4) is 17.3 Å². The molecule has 0 fully saturated rings. The molecule has 1 aliphatic heterocycles. The van der Waals surface area contributed by atoms with Crippen molar-refractivity contribution in [1.82, 2.24) is 9.78 Å². The fraction of sp³-hybridized carbons (Fsp3) is 0.227. The molecule has 2 heterocycles. The fourth-order valence-corrected chi connectivity index (χ4v) is 3.43. The summed E-state index contributed by atoms with van der Waals surface area (Å²) in [5.74, 6) is -0.370. The van der Waals surface area contributed by atoms with Gasteiger partial charge in [0.05, 0.1) is 35.9 Å². The van der Waals surface area contributed by atoms with Gasteiger partial charge in [-0.05, 0) is 50.2 Å². The number of hydrogen-bond donors (Lipinski definition) is 1. The Kier molecular flexibility index (Phi) is 5.03. The number of nitrogens with zero attached hydrogens (tertiary/aromatic N) is 2. The number of aromatic nitrogens is 2. The van der Waals surface area contributed by atoms with Gasteiger partial charge in [-0.25, -0.2) is 4.68 Å². The number of para-hydroxylation sites is 1. The number of hydrogen-bond acceptors (Lipinski definition) is 5. The smallest absolute Gasteiger partial charge is 0.313 e. The van der Waals surface area contributed by atoms with Gasteiger partial charge >= 0.3 is 5.97 Å². The van der Waals surface area contributed by atoms with E-state index in [2.05, 4.69) is 10.4 Å². The maximum Gasteiger partial charge on any atom is 0.313 e. The molecule has 0 radical (unpaired) electrons. The zero-order chi connectivity index (χ0) is 20.4. The van der Waals surface area contributed by atoms with Gasteiger partial charge in [0.15, 0.2) is 0 Å². The van der Waals surface area contributed by atoms with Crippen LogP contribution in [0.1, 0.15) is 30.5 Å². The Bertz CT molecular complexity index is 1040. The average Bonchev–Trinajstić information content (AvgIpc) is 3.06. The molecule has 3 aromatic rings. The highest BCUT2D eigenvalue weighted by Crippen LogP contribution is 2.38. The van der Waals surface area contributed by atoms with E-state index in [1.165, 1.54) is 0 Å². The lowest BCUT2D eigenvalue weighted by atomic mass is 9.93. The Labute approximate surface area is 168 Å². The van der Waals surface area contributed by atoms with Gasteiger partial charge in [-0.15, -0.1) is 0 Å². The molecule has 4 rings (SSSR count). The number of ether oxygens (including phenoxy) is 2. The second-order valence-corrected chi connectivity index (χ2v) is 6.73. The topological polar surface area (TPSA) is 82.4 Å². The zero-order valence-corrected chi connectivity index (χ0v) is 16.2. The summed E-state index contributed by atoms with van der Waals surface area (Å²) in [7, 11) is 0. The van der Waals surface area contributed by atoms with Crippen LogP contribution in [0.4, 0.5) is 5.69 Å². The molecule has 7 heteroatoms. The van der Waals surface area contributed by atoms with Crippen LogP contribution in [0.5, 0.6) is 11.6 Å². The SMILES string of the molecule is CCOc1ccc(NC(=O)C2CC(=O)Oc3c2c(C)nn3-c2ccccc2)cc1. The van der Waals surface area contributed by atoms with Gasteiger partial charge in [0.25, 0.3) is 0 Å². The summed E-state index contributed by atoms with van der Waals surface area (Å²) in [5, 5.41) is 7.39. The summed E-state index contributed by atoms with van der Waals surface area (Å²) in [4.78, 5) is 25.2. The Hall–Kier alpha value is -3.61. The molecule has 0 saturated heterocycles. The first-order valence-electron chi connectivity index (χ1n) is 9.46. The highest BCUT2D eigenvalue weighted by atomic mass is 16.5. The molecular weight excluding hydrogens is 370 g/mol. The monoisotopic (exact) mass is 391 g/mol. The predicted octanol–water partition coefficient (Wildman–Crippen LogP) is 3.61. The van der Waals surface area contributed by atoms with Crippen LogP contribution >= 0.6 is 0 Å². The lowest BCUT2D eigenvalue weighted by Gasteiger charge is -2.22. The number of amides is 1. The Morgan fingerprint density at radius 1 is 1.21 bits per heavy atom. The maximum absolute atomic E-state index is 13.0. The van der Waals surface area contributed by atoms with Crippen molar-refractivity contribution in [3.63, 3.8) is 0 Å². The molecular formula is C22H21N3O4. The van der Waals surface area contributed by atoms with Crippen molar-refractivity contribution >= 4 is 17.6 Å². The third kappa shape index (κ3) is 3.71. The molecule has 2 aromatic carbocycles. The van der Waals surface area contributed by atoms with E-state index in [9.17, 15) is 9.59 Å². The van der Waals surface area contributed by atoms with Crippen molar-refractivity contribution in [1.29, 1.82) is 0 Å². The fourth-order valence-electron chi connectivity index (χ4n) is 3.43. The standard InChI is InChI=1S/C22H21N3O4/c1-3-28-17-11-9-15(10-12-17)23-21(27)18-13-19(26)29-22-20(18)14(2)24-25(22)16-7-5-4-6-8-16/h4-12,18H,3,13H2,1-2H3,(H,23,27). The molecule has 1 aromatic heterocycles. The molecule has 1 aliphatic rings. The van der Waals surface area contributed by atoms with Crippen LogP contribution in [0.15, 0.2) is 54.6 Å². The van der Waals surface area contributed by atoms with Crippen molar-refractivity contribution in [3.05, 3.63) is 65.9 Å². The summed E-state index contributed by atoms with van der Waals surface area (Å²) in [5.41, 5.74) is 2.68. The van der Waals surface area contributed by atoms with E-state index < -0.39 is 11.9 Å². The normalized spacial score (nSPS) is 15.4. The van der Waals surface area contributed by atoms with E-state index >= 15 is 0 Å². The number of anilines is 1. The molecule has 0 spiro atoms. The van der Waals surface area contributed by atoms with E-state index in [0.717, 1.165) is 11.4 Å². The third-order valence-corrected chi connectivity index (χ3v) is 4.74. The highest BCUT2D eigenvalue weighted by Gasteiger charge is 2.37. The molecule has 1 unspecified atom stereocenters. The van der Waals surface area contributed by atoms with Crippen molar-refractivity contribution in [2.24, 2.45) is 0 Å². The number of esters is 1. The number of benzene rings is 2. The van der Waals surface area contributed by atoms with Gasteiger partial charge in [0.2, 0.25) is 11.8 Å². The number of carbonyl (C=O) groups is 2. The van der Waals surface area contributed by atoms with Crippen molar-refractivity contribution < 1.29 is 19.1 Å². The van der Waals surface area contributed by atoms with Crippen LogP contribution in [-0.4, -0.2) is 28.3 Å². The molecule has 0 bridgehead atoms. The van der Waals surface area contributed by atoms with Crippen LogP contribution in [-0.2, 0) is 9.59 Å². The molecule has 1 N–H and O–H groups in total. The molecule has 0 saturated carbocycles. The van der Waals surface area contributed by atoms with E-state index in [-0.39, 0.29) is 12.3 Å². The Morgan fingerprint density at radius 2 is 1.93 bits per heavy atom.